The Kier molecular flexibility index (Phi) is 5.52. The first kappa shape index (κ1) is 12.6. The van der Waals surface area contributed by atoms with Crippen molar-refractivity contribution in [2.45, 2.75) is 33.2 Å². The van der Waals surface area contributed by atoms with E-state index in [-0.39, 0.29) is 30.7 Å². The first-order valence-electron chi connectivity index (χ1n) is 4.47. The number of nitrogens with one attached hydrogen (secondary N) is 2. The van der Waals surface area contributed by atoms with Crippen LogP contribution in [0.25, 0.3) is 0 Å². The van der Waals surface area contributed by atoms with Crippen molar-refractivity contribution >= 4 is 17.6 Å². The van der Waals surface area contributed by atoms with Crippen LogP contribution >= 0.6 is 0 Å². The Morgan fingerprint density at radius 3 is 2.14 bits per heavy atom. The molecule has 2 amide bonds. The van der Waals surface area contributed by atoms with Crippen LogP contribution in [-0.2, 0) is 14.4 Å². The van der Waals surface area contributed by atoms with Gasteiger partial charge in [-0.15, -0.1) is 0 Å². The maximum absolute atomic E-state index is 11.0. The summed E-state index contributed by atoms with van der Waals surface area (Å²) >= 11 is 0. The molecule has 0 aromatic rings. The number of hydrogen-bond acceptors (Lipinski definition) is 3. The highest BCUT2D eigenvalue weighted by atomic mass is 16.2. The smallest absolute Gasteiger partial charge is 0.239 e. The minimum Gasteiger partial charge on any atom is -0.352 e. The molecule has 14 heavy (non-hydrogen) atoms. The Morgan fingerprint density at radius 1 is 1.14 bits per heavy atom. The van der Waals surface area contributed by atoms with Crippen LogP contribution in [0.1, 0.15) is 27.2 Å². The summed E-state index contributed by atoms with van der Waals surface area (Å²) in [6.07, 6.45) is -0.172. The van der Waals surface area contributed by atoms with E-state index in [9.17, 15) is 14.4 Å². The average molecular weight is 200 g/mol. The summed E-state index contributed by atoms with van der Waals surface area (Å²) in [5, 5.41) is 4.96. The summed E-state index contributed by atoms with van der Waals surface area (Å²) in [6.45, 7) is 4.91. The van der Waals surface area contributed by atoms with Crippen molar-refractivity contribution in [3.8, 4) is 0 Å². The zero-order valence-electron chi connectivity index (χ0n) is 8.72. The predicted octanol–water partition coefficient (Wildman–Crippen LogP) is -0.394. The molecule has 0 atom stereocenters. The van der Waals surface area contributed by atoms with E-state index in [1.165, 1.54) is 6.92 Å². The number of ketones is 1. The summed E-state index contributed by atoms with van der Waals surface area (Å²) in [7, 11) is 0. The van der Waals surface area contributed by atoms with Gasteiger partial charge in [0.15, 0.2) is 0 Å². The largest absolute Gasteiger partial charge is 0.352 e. The van der Waals surface area contributed by atoms with Crippen LogP contribution in [0.2, 0.25) is 0 Å². The lowest BCUT2D eigenvalue weighted by atomic mass is 10.3. The predicted molar refractivity (Wildman–Crippen MR) is 51.6 cm³/mol. The van der Waals surface area contributed by atoms with E-state index < -0.39 is 5.91 Å². The Morgan fingerprint density at radius 2 is 1.71 bits per heavy atom. The standard InChI is InChI=1S/C9H16N2O3/c1-6(2)11-9(14)5-10-8(13)4-7(3)12/h6H,4-5H2,1-3H3,(H,10,13)(H,11,14). The number of Topliss-reactive ketones (excluding diaryl/α,β-unsaturated/α-hetero) is 1. The van der Waals surface area contributed by atoms with Gasteiger partial charge in [-0.1, -0.05) is 0 Å². The van der Waals surface area contributed by atoms with Crippen molar-refractivity contribution in [2.75, 3.05) is 6.54 Å². The number of rotatable bonds is 5. The van der Waals surface area contributed by atoms with E-state index in [0.29, 0.717) is 0 Å². The topological polar surface area (TPSA) is 75.3 Å². The maximum Gasteiger partial charge on any atom is 0.239 e. The summed E-state index contributed by atoms with van der Waals surface area (Å²) in [5.74, 6) is -0.889. The van der Waals surface area contributed by atoms with Crippen molar-refractivity contribution in [3.63, 3.8) is 0 Å². The minimum atomic E-state index is -0.420. The molecule has 80 valence electrons. The first-order chi connectivity index (χ1) is 6.41. The molecule has 0 heterocycles. The van der Waals surface area contributed by atoms with Gasteiger partial charge < -0.3 is 10.6 Å². The summed E-state index contributed by atoms with van der Waals surface area (Å²) in [5.41, 5.74) is 0. The Balaban J connectivity index is 3.67. The quantitative estimate of drug-likeness (QED) is 0.593. The second-order valence-corrected chi connectivity index (χ2v) is 3.38. The molecule has 2 N–H and O–H groups in total. The number of carbonyl (C=O) groups is 3. The van der Waals surface area contributed by atoms with E-state index in [2.05, 4.69) is 10.6 Å². The molecule has 0 aromatic carbocycles. The van der Waals surface area contributed by atoms with Crippen LogP contribution in [0, 0.1) is 0 Å². The lowest BCUT2D eigenvalue weighted by Crippen LogP contribution is -2.40. The molecule has 5 heteroatoms. The van der Waals surface area contributed by atoms with Gasteiger partial charge >= 0.3 is 0 Å². The van der Waals surface area contributed by atoms with Crippen LogP contribution in [0.4, 0.5) is 0 Å². The normalized spacial score (nSPS) is 9.71. The molecule has 0 aliphatic rings. The summed E-state index contributed by atoms with van der Waals surface area (Å²) in [6, 6.07) is 0.0483. The summed E-state index contributed by atoms with van der Waals surface area (Å²) < 4.78 is 0. The summed E-state index contributed by atoms with van der Waals surface area (Å²) in [4.78, 5) is 32.5. The SMILES string of the molecule is CC(=O)CC(=O)NCC(=O)NC(C)C. The monoisotopic (exact) mass is 200 g/mol. The van der Waals surface area contributed by atoms with Gasteiger partial charge in [-0.05, 0) is 20.8 Å². The fraction of sp³-hybridized carbons (Fsp3) is 0.667. The van der Waals surface area contributed by atoms with Gasteiger partial charge in [-0.2, -0.15) is 0 Å². The van der Waals surface area contributed by atoms with Gasteiger partial charge in [0.25, 0.3) is 0 Å². The van der Waals surface area contributed by atoms with Gasteiger partial charge in [0.2, 0.25) is 11.8 Å². The molecule has 0 aliphatic carbocycles. The molecule has 0 spiro atoms. The molecule has 0 bridgehead atoms. The van der Waals surface area contributed by atoms with Gasteiger partial charge in [0.05, 0.1) is 13.0 Å². The van der Waals surface area contributed by atoms with Crippen molar-refractivity contribution in [2.24, 2.45) is 0 Å². The van der Waals surface area contributed by atoms with Crippen LogP contribution in [0.5, 0.6) is 0 Å². The van der Waals surface area contributed by atoms with Gasteiger partial charge in [-0.3, -0.25) is 14.4 Å². The third-order valence-corrected chi connectivity index (χ3v) is 1.31. The molecule has 0 unspecified atom stereocenters. The van der Waals surface area contributed by atoms with Crippen molar-refractivity contribution in [1.29, 1.82) is 0 Å². The fourth-order valence-electron chi connectivity index (χ4n) is 0.840. The zero-order valence-corrected chi connectivity index (χ0v) is 8.72. The molecule has 0 saturated carbocycles. The average Bonchev–Trinajstić information content (AvgIpc) is 1.98. The number of hydrogen-bond donors (Lipinski definition) is 2. The van der Waals surface area contributed by atoms with Gasteiger partial charge in [-0.25, -0.2) is 0 Å². The molecule has 0 aliphatic heterocycles. The van der Waals surface area contributed by atoms with Crippen molar-refractivity contribution < 1.29 is 14.4 Å². The number of amides is 2. The third kappa shape index (κ3) is 7.27. The Bertz CT molecular complexity index is 236. The molecule has 0 aromatic heterocycles. The van der Waals surface area contributed by atoms with E-state index in [4.69, 9.17) is 0 Å². The molecular formula is C9H16N2O3. The lowest BCUT2D eigenvalue weighted by Gasteiger charge is -2.08. The van der Waals surface area contributed by atoms with Crippen LogP contribution in [-0.4, -0.2) is 30.2 Å². The lowest BCUT2D eigenvalue weighted by molar-refractivity contribution is -0.129. The molecule has 0 saturated heterocycles. The van der Waals surface area contributed by atoms with Crippen molar-refractivity contribution in [3.05, 3.63) is 0 Å². The second-order valence-electron chi connectivity index (χ2n) is 3.38. The van der Waals surface area contributed by atoms with E-state index in [1.807, 2.05) is 13.8 Å². The van der Waals surface area contributed by atoms with Crippen molar-refractivity contribution in [1.82, 2.24) is 10.6 Å². The highest BCUT2D eigenvalue weighted by Crippen LogP contribution is 1.81. The van der Waals surface area contributed by atoms with Gasteiger partial charge in [0.1, 0.15) is 5.78 Å². The first-order valence-corrected chi connectivity index (χ1v) is 4.47. The molecule has 0 fully saturated rings. The molecule has 5 nitrogen and oxygen atoms in total. The molecule has 0 rings (SSSR count). The zero-order chi connectivity index (χ0) is 11.1. The van der Waals surface area contributed by atoms with Crippen LogP contribution in [0.3, 0.4) is 0 Å². The van der Waals surface area contributed by atoms with Crippen LogP contribution < -0.4 is 10.6 Å². The third-order valence-electron chi connectivity index (χ3n) is 1.31. The minimum absolute atomic E-state index is 0.0483. The Hall–Kier alpha value is -1.39. The van der Waals surface area contributed by atoms with E-state index in [0.717, 1.165) is 0 Å². The number of carbonyl (C=O) groups excluding carboxylic acids is 3. The second kappa shape index (κ2) is 6.12. The van der Waals surface area contributed by atoms with E-state index in [1.54, 1.807) is 0 Å². The van der Waals surface area contributed by atoms with Gasteiger partial charge in [0, 0.05) is 6.04 Å². The fourth-order valence-corrected chi connectivity index (χ4v) is 0.840. The molecule has 0 radical (unpaired) electrons. The highest BCUT2D eigenvalue weighted by molar-refractivity contribution is 5.98. The van der Waals surface area contributed by atoms with E-state index >= 15 is 0 Å². The molecular weight excluding hydrogens is 184 g/mol. The van der Waals surface area contributed by atoms with Crippen LogP contribution in [0.15, 0.2) is 0 Å². The highest BCUT2D eigenvalue weighted by Gasteiger charge is 2.07. The maximum atomic E-state index is 11.0. The Labute approximate surface area is 83.2 Å².